The molecule has 3 amide bonds. The molecule has 0 bridgehead atoms. The molecule has 32 heavy (non-hydrogen) atoms. The Hall–Kier alpha value is -3.52. The van der Waals surface area contributed by atoms with Gasteiger partial charge in [-0.25, -0.2) is 0 Å². The quantitative estimate of drug-likeness (QED) is 0.619. The minimum Gasteiger partial charge on any atom is -0.481 e. The largest absolute Gasteiger partial charge is 0.481 e. The van der Waals surface area contributed by atoms with E-state index in [0.29, 0.717) is 11.3 Å². The standard InChI is InChI=1S/C24H23N3O5/c1-13-6-5-9-15-20(13)25-23(32)24(15)19-18(16(26-24)10-11-17(28)29)21(30)27(22(19)31)12-14-7-3-2-4-8-14/h2-9,16,18-19,26H,10-12H2,1H3,(H,25,32)(H,28,29). The maximum absolute atomic E-state index is 13.7. The molecule has 3 aliphatic heterocycles. The van der Waals surface area contributed by atoms with Crippen molar-refractivity contribution in [2.75, 3.05) is 5.32 Å². The van der Waals surface area contributed by atoms with Crippen molar-refractivity contribution in [3.8, 4) is 0 Å². The molecule has 5 rings (SSSR count). The van der Waals surface area contributed by atoms with E-state index in [-0.39, 0.29) is 31.2 Å². The summed E-state index contributed by atoms with van der Waals surface area (Å²) in [5.41, 5.74) is 1.55. The molecule has 4 unspecified atom stereocenters. The number of imide groups is 1. The highest BCUT2D eigenvalue weighted by Gasteiger charge is 2.70. The number of benzene rings is 2. The van der Waals surface area contributed by atoms with Crippen molar-refractivity contribution in [2.24, 2.45) is 11.8 Å². The number of rotatable bonds is 5. The van der Waals surface area contributed by atoms with Gasteiger partial charge in [0.1, 0.15) is 5.54 Å². The van der Waals surface area contributed by atoms with Crippen LogP contribution >= 0.6 is 0 Å². The highest BCUT2D eigenvalue weighted by Crippen LogP contribution is 2.54. The van der Waals surface area contributed by atoms with E-state index in [4.69, 9.17) is 0 Å². The molecule has 2 fully saturated rings. The summed E-state index contributed by atoms with van der Waals surface area (Å²) in [7, 11) is 0. The Morgan fingerprint density at radius 1 is 1.06 bits per heavy atom. The molecule has 0 aliphatic carbocycles. The number of carboxylic acids is 1. The summed E-state index contributed by atoms with van der Waals surface area (Å²) < 4.78 is 0. The lowest BCUT2D eigenvalue weighted by atomic mass is 9.76. The Bertz CT molecular complexity index is 1150. The van der Waals surface area contributed by atoms with Crippen LogP contribution < -0.4 is 10.6 Å². The van der Waals surface area contributed by atoms with Crippen molar-refractivity contribution < 1.29 is 24.3 Å². The Balaban J connectivity index is 1.60. The first kappa shape index (κ1) is 20.4. The lowest BCUT2D eigenvalue weighted by Crippen LogP contribution is -2.53. The number of fused-ring (bicyclic) bond motifs is 4. The molecule has 8 heteroatoms. The van der Waals surface area contributed by atoms with Crippen LogP contribution in [0.5, 0.6) is 0 Å². The van der Waals surface area contributed by atoms with Crippen molar-refractivity contribution in [1.82, 2.24) is 10.2 Å². The number of nitrogens with zero attached hydrogens (tertiary/aromatic N) is 1. The van der Waals surface area contributed by atoms with E-state index in [1.54, 1.807) is 6.07 Å². The van der Waals surface area contributed by atoms with Crippen LogP contribution in [-0.4, -0.2) is 39.7 Å². The van der Waals surface area contributed by atoms with Gasteiger partial charge in [-0.1, -0.05) is 48.5 Å². The van der Waals surface area contributed by atoms with Gasteiger partial charge in [-0.2, -0.15) is 0 Å². The first-order valence-corrected chi connectivity index (χ1v) is 10.6. The molecular weight excluding hydrogens is 410 g/mol. The highest BCUT2D eigenvalue weighted by molar-refractivity contribution is 6.15. The van der Waals surface area contributed by atoms with Crippen LogP contribution in [0.3, 0.4) is 0 Å². The number of nitrogens with one attached hydrogen (secondary N) is 2. The number of para-hydroxylation sites is 1. The van der Waals surface area contributed by atoms with E-state index in [2.05, 4.69) is 10.6 Å². The molecule has 0 radical (unpaired) electrons. The predicted octanol–water partition coefficient (Wildman–Crippen LogP) is 1.78. The number of hydrogen-bond acceptors (Lipinski definition) is 5. The normalized spacial score (nSPS) is 28.2. The van der Waals surface area contributed by atoms with Gasteiger partial charge in [-0.3, -0.25) is 29.4 Å². The number of anilines is 1. The third-order valence-corrected chi connectivity index (χ3v) is 6.90. The Morgan fingerprint density at radius 3 is 2.53 bits per heavy atom. The number of carbonyl (C=O) groups excluding carboxylic acids is 3. The molecule has 1 spiro atoms. The molecule has 3 aliphatic rings. The zero-order valence-corrected chi connectivity index (χ0v) is 17.5. The third-order valence-electron chi connectivity index (χ3n) is 6.90. The van der Waals surface area contributed by atoms with Crippen LogP contribution in [0, 0.1) is 18.8 Å². The summed E-state index contributed by atoms with van der Waals surface area (Å²) in [5.74, 6) is -3.87. The average Bonchev–Trinajstić information content (AvgIpc) is 3.35. The fourth-order valence-corrected chi connectivity index (χ4v) is 5.48. The molecule has 164 valence electrons. The van der Waals surface area contributed by atoms with Gasteiger partial charge < -0.3 is 10.4 Å². The van der Waals surface area contributed by atoms with E-state index < -0.39 is 35.3 Å². The lowest BCUT2D eigenvalue weighted by Gasteiger charge is -2.29. The van der Waals surface area contributed by atoms with Crippen LogP contribution in [-0.2, 0) is 31.3 Å². The highest BCUT2D eigenvalue weighted by atomic mass is 16.4. The van der Waals surface area contributed by atoms with Gasteiger partial charge in [0.25, 0.3) is 0 Å². The number of amides is 3. The third kappa shape index (κ3) is 2.79. The average molecular weight is 433 g/mol. The van der Waals surface area contributed by atoms with E-state index >= 15 is 0 Å². The van der Waals surface area contributed by atoms with Crippen LogP contribution in [0.4, 0.5) is 5.69 Å². The summed E-state index contributed by atoms with van der Waals surface area (Å²) in [6.07, 6.45) is -0.0235. The van der Waals surface area contributed by atoms with Crippen LogP contribution in [0.1, 0.15) is 29.5 Å². The number of aryl methyl sites for hydroxylation is 1. The summed E-state index contributed by atoms with van der Waals surface area (Å²) in [6, 6.07) is 14.1. The fourth-order valence-electron chi connectivity index (χ4n) is 5.48. The maximum atomic E-state index is 13.7. The van der Waals surface area contributed by atoms with Crippen molar-refractivity contribution in [2.45, 2.75) is 37.9 Å². The van der Waals surface area contributed by atoms with Crippen molar-refractivity contribution in [1.29, 1.82) is 0 Å². The van der Waals surface area contributed by atoms with Gasteiger partial charge in [0.15, 0.2) is 0 Å². The topological polar surface area (TPSA) is 116 Å². The van der Waals surface area contributed by atoms with E-state index in [9.17, 15) is 24.3 Å². The Kier molecular flexibility index (Phi) is 4.63. The molecule has 4 atom stereocenters. The first-order chi connectivity index (χ1) is 15.3. The molecule has 0 aromatic heterocycles. The van der Waals surface area contributed by atoms with Gasteiger partial charge >= 0.3 is 5.97 Å². The fraction of sp³-hybridized carbons (Fsp3) is 0.333. The second-order valence-corrected chi connectivity index (χ2v) is 8.69. The zero-order valence-electron chi connectivity index (χ0n) is 17.5. The van der Waals surface area contributed by atoms with Gasteiger partial charge in [0, 0.05) is 23.7 Å². The van der Waals surface area contributed by atoms with Gasteiger partial charge in [-0.05, 0) is 24.5 Å². The molecule has 0 saturated carbocycles. The maximum Gasteiger partial charge on any atom is 0.303 e. The molecule has 8 nitrogen and oxygen atoms in total. The van der Waals surface area contributed by atoms with Gasteiger partial charge in [0.2, 0.25) is 17.7 Å². The predicted molar refractivity (Wildman–Crippen MR) is 114 cm³/mol. The Labute approximate surface area is 184 Å². The first-order valence-electron chi connectivity index (χ1n) is 10.6. The van der Waals surface area contributed by atoms with Gasteiger partial charge in [0.05, 0.1) is 18.4 Å². The minimum absolute atomic E-state index is 0.121. The van der Waals surface area contributed by atoms with Crippen molar-refractivity contribution in [3.05, 3.63) is 65.2 Å². The van der Waals surface area contributed by atoms with Crippen LogP contribution in [0.2, 0.25) is 0 Å². The molecule has 2 aromatic rings. The smallest absolute Gasteiger partial charge is 0.303 e. The second kappa shape index (κ2) is 7.27. The molecular formula is C24H23N3O5. The molecule has 2 saturated heterocycles. The SMILES string of the molecule is Cc1cccc2c1NC(=O)C21NC(CCC(=O)O)C2C(=O)N(Cc3ccccc3)C(=O)C21. The minimum atomic E-state index is -1.40. The number of likely N-dealkylation sites (tertiary alicyclic amines) is 1. The van der Waals surface area contributed by atoms with Crippen LogP contribution in [0.25, 0.3) is 0 Å². The number of carbonyl (C=O) groups is 4. The van der Waals surface area contributed by atoms with E-state index in [0.717, 1.165) is 11.1 Å². The van der Waals surface area contributed by atoms with Gasteiger partial charge in [-0.15, -0.1) is 0 Å². The number of carboxylic acid groups (broad SMARTS) is 1. The monoisotopic (exact) mass is 433 g/mol. The molecule has 3 heterocycles. The zero-order chi connectivity index (χ0) is 22.6. The second-order valence-electron chi connectivity index (χ2n) is 8.69. The number of hydrogen-bond donors (Lipinski definition) is 3. The van der Waals surface area contributed by atoms with Crippen molar-refractivity contribution >= 4 is 29.4 Å². The molecule has 2 aromatic carbocycles. The van der Waals surface area contributed by atoms with Crippen molar-refractivity contribution in [3.63, 3.8) is 0 Å². The van der Waals surface area contributed by atoms with E-state index in [1.807, 2.05) is 49.4 Å². The lowest BCUT2D eigenvalue weighted by molar-refractivity contribution is -0.144. The number of aliphatic carboxylic acids is 1. The Morgan fingerprint density at radius 2 is 1.81 bits per heavy atom. The van der Waals surface area contributed by atoms with E-state index in [1.165, 1.54) is 4.90 Å². The summed E-state index contributed by atoms with van der Waals surface area (Å²) in [6.45, 7) is 1.99. The van der Waals surface area contributed by atoms with Crippen LogP contribution in [0.15, 0.2) is 48.5 Å². The summed E-state index contributed by atoms with van der Waals surface area (Å²) >= 11 is 0. The molecule has 3 N–H and O–H groups in total. The summed E-state index contributed by atoms with van der Waals surface area (Å²) in [5, 5.41) is 15.4. The summed E-state index contributed by atoms with van der Waals surface area (Å²) in [4.78, 5) is 53.0.